The van der Waals surface area contributed by atoms with Crippen LogP contribution in [0.1, 0.15) is 60.9 Å². The van der Waals surface area contributed by atoms with Crippen molar-refractivity contribution in [3.05, 3.63) is 59.6 Å². The van der Waals surface area contributed by atoms with Crippen LogP contribution in [0.4, 0.5) is 29.0 Å². The van der Waals surface area contributed by atoms with E-state index in [9.17, 15) is 4.79 Å². The Hall–Kier alpha value is -4.49. The molecule has 0 spiro atoms. The van der Waals surface area contributed by atoms with Crippen LogP contribution in [-0.4, -0.2) is 94.1 Å². The Morgan fingerprint density at radius 3 is 2.47 bits per heavy atom. The van der Waals surface area contributed by atoms with Gasteiger partial charge in [-0.3, -0.25) is 14.8 Å². The number of H-pyrrole nitrogens is 1. The van der Waals surface area contributed by atoms with Crippen LogP contribution in [0.15, 0.2) is 42.0 Å². The molecule has 2 saturated heterocycles. The summed E-state index contributed by atoms with van der Waals surface area (Å²) < 4.78 is 0. The van der Waals surface area contributed by atoms with Crippen molar-refractivity contribution in [3.8, 4) is 0 Å². The molecule has 0 radical (unpaired) electrons. The van der Waals surface area contributed by atoms with E-state index >= 15 is 0 Å². The van der Waals surface area contributed by atoms with Crippen LogP contribution in [0.2, 0.25) is 0 Å². The summed E-state index contributed by atoms with van der Waals surface area (Å²) in [5, 5.41) is 13.1. The van der Waals surface area contributed by atoms with Gasteiger partial charge >= 0.3 is 0 Å². The van der Waals surface area contributed by atoms with Gasteiger partial charge in [0, 0.05) is 55.0 Å². The van der Waals surface area contributed by atoms with E-state index in [4.69, 9.17) is 21.4 Å². The number of hydrogen-bond donors (Lipinski definition) is 5. The van der Waals surface area contributed by atoms with Gasteiger partial charge in [0.05, 0.1) is 5.69 Å². The molecule has 2 fully saturated rings. The van der Waals surface area contributed by atoms with Crippen molar-refractivity contribution >= 4 is 40.7 Å². The largest absolute Gasteiger partial charge is 0.382 e. The molecule has 2 aliphatic rings. The van der Waals surface area contributed by atoms with Gasteiger partial charge in [-0.15, -0.1) is 0 Å². The van der Waals surface area contributed by atoms with Crippen molar-refractivity contribution in [2.45, 2.75) is 52.0 Å². The molecule has 1 aromatic carbocycles. The minimum atomic E-state index is -0.307. The van der Waals surface area contributed by atoms with Crippen LogP contribution in [-0.2, 0) is 5.41 Å². The number of nitrogen functional groups attached to an aromatic ring is 1. The first-order valence-electron chi connectivity index (χ1n) is 15.5. The fraction of sp³-hybridized carbons (Fsp3) is 0.469. The number of aromatic nitrogens is 4. The first-order chi connectivity index (χ1) is 21.4. The summed E-state index contributed by atoms with van der Waals surface area (Å²) in [6, 6.07) is 7.73. The number of aliphatic imine (C=N–C) groups is 1. The van der Waals surface area contributed by atoms with Crippen molar-refractivity contribution in [1.82, 2.24) is 30.0 Å². The van der Waals surface area contributed by atoms with Gasteiger partial charge in [0.25, 0.3) is 5.91 Å². The third-order valence-corrected chi connectivity index (χ3v) is 8.56. The van der Waals surface area contributed by atoms with E-state index in [0.29, 0.717) is 40.4 Å². The number of hydrogen-bond acceptors (Lipinski definition) is 10. The SMILES string of the molecule is C=CNc1c(N)nc(N2CCN(C3CCN(C)CC3)CC2)nc1C(N)=Nc1cc(C(=O)Nc2cc(C(C)(C)C)[nH]n2)ccc1C. The summed E-state index contributed by atoms with van der Waals surface area (Å²) in [6.45, 7) is 17.6. The summed E-state index contributed by atoms with van der Waals surface area (Å²) in [7, 11) is 2.19. The number of carbonyl (C=O) groups is 1. The number of nitrogens with one attached hydrogen (secondary N) is 3. The molecule has 0 bridgehead atoms. The van der Waals surface area contributed by atoms with E-state index in [-0.39, 0.29) is 23.0 Å². The van der Waals surface area contributed by atoms with Crippen molar-refractivity contribution in [3.63, 3.8) is 0 Å². The number of nitrogens with two attached hydrogens (primary N) is 2. The Labute approximate surface area is 265 Å². The number of aryl methyl sites for hydroxylation is 1. The molecule has 0 unspecified atom stereocenters. The topological polar surface area (TPSA) is 170 Å². The smallest absolute Gasteiger partial charge is 0.256 e. The average molecular weight is 615 g/mol. The summed E-state index contributed by atoms with van der Waals surface area (Å²) in [6.07, 6.45) is 3.90. The van der Waals surface area contributed by atoms with Gasteiger partial charge in [0.1, 0.15) is 11.4 Å². The van der Waals surface area contributed by atoms with Crippen LogP contribution < -0.4 is 27.0 Å². The minimum absolute atomic E-state index is 0.121. The quantitative estimate of drug-likeness (QED) is 0.187. The molecule has 0 aliphatic carbocycles. The highest BCUT2D eigenvalue weighted by Crippen LogP contribution is 2.28. The van der Waals surface area contributed by atoms with Gasteiger partial charge in [-0.1, -0.05) is 33.4 Å². The highest BCUT2D eigenvalue weighted by Gasteiger charge is 2.28. The first-order valence-corrected chi connectivity index (χ1v) is 15.5. The number of aromatic amines is 1. The lowest BCUT2D eigenvalue weighted by Crippen LogP contribution is -2.53. The van der Waals surface area contributed by atoms with E-state index in [2.05, 4.69) is 74.9 Å². The molecule has 45 heavy (non-hydrogen) atoms. The Morgan fingerprint density at radius 2 is 1.82 bits per heavy atom. The number of benzene rings is 1. The fourth-order valence-corrected chi connectivity index (χ4v) is 5.70. The molecule has 4 heterocycles. The summed E-state index contributed by atoms with van der Waals surface area (Å²) in [5.41, 5.74) is 16.4. The van der Waals surface area contributed by atoms with Crippen LogP contribution in [0, 0.1) is 6.92 Å². The highest BCUT2D eigenvalue weighted by molar-refractivity contribution is 6.06. The second kappa shape index (κ2) is 13.2. The Kier molecular flexibility index (Phi) is 9.40. The molecular formula is C32H46N12O. The second-order valence-corrected chi connectivity index (χ2v) is 12.9. The Balaban J connectivity index is 1.36. The first kappa shape index (κ1) is 31.9. The van der Waals surface area contributed by atoms with E-state index < -0.39 is 0 Å². The number of anilines is 4. The van der Waals surface area contributed by atoms with Gasteiger partial charge in [0.2, 0.25) is 5.95 Å². The Bertz CT molecular complexity index is 1560. The average Bonchev–Trinajstić information content (AvgIpc) is 3.49. The maximum Gasteiger partial charge on any atom is 0.256 e. The molecule has 240 valence electrons. The molecule has 2 aromatic heterocycles. The molecule has 2 aliphatic heterocycles. The standard InChI is InChI=1S/C32H46N12O/c1-7-35-26-27(38-31(39-28(26)33)44-16-14-43(15-17-44)22-10-12-42(6)13-11-22)29(34)36-23-18-21(9-8-20(23)2)30(45)37-25-19-24(40-41-25)32(3,4)5/h7-9,18-19,22,35H,1,10-17H2,2-6H3,(H2,34,36)(H2,33,38,39)(H2,37,40,41,45). The van der Waals surface area contributed by atoms with Gasteiger partial charge < -0.3 is 31.9 Å². The van der Waals surface area contributed by atoms with Crippen LogP contribution in [0.3, 0.4) is 0 Å². The molecule has 13 heteroatoms. The maximum absolute atomic E-state index is 13.1. The minimum Gasteiger partial charge on any atom is -0.382 e. The fourth-order valence-electron chi connectivity index (χ4n) is 5.70. The van der Waals surface area contributed by atoms with E-state index in [0.717, 1.165) is 50.5 Å². The van der Waals surface area contributed by atoms with E-state index in [1.807, 2.05) is 19.1 Å². The Morgan fingerprint density at radius 1 is 1.11 bits per heavy atom. The highest BCUT2D eigenvalue weighted by atomic mass is 16.1. The lowest BCUT2D eigenvalue weighted by atomic mass is 9.92. The van der Waals surface area contributed by atoms with Crippen LogP contribution in [0.5, 0.6) is 0 Å². The number of rotatable bonds is 8. The van der Waals surface area contributed by atoms with Crippen molar-refractivity contribution in [2.24, 2.45) is 10.7 Å². The van der Waals surface area contributed by atoms with Gasteiger partial charge in [-0.2, -0.15) is 10.1 Å². The van der Waals surface area contributed by atoms with Gasteiger partial charge in [-0.25, -0.2) is 9.98 Å². The number of piperidine rings is 1. The van der Waals surface area contributed by atoms with Crippen molar-refractivity contribution in [2.75, 3.05) is 67.6 Å². The lowest BCUT2D eigenvalue weighted by Gasteiger charge is -2.42. The van der Waals surface area contributed by atoms with E-state index in [1.54, 1.807) is 12.1 Å². The second-order valence-electron chi connectivity index (χ2n) is 12.9. The van der Waals surface area contributed by atoms with Crippen molar-refractivity contribution in [1.29, 1.82) is 0 Å². The lowest BCUT2D eigenvalue weighted by molar-refractivity contribution is 0.102. The molecule has 0 atom stereocenters. The van der Waals surface area contributed by atoms with Gasteiger partial charge in [-0.05, 0) is 63.8 Å². The maximum atomic E-state index is 13.1. The molecule has 3 aromatic rings. The van der Waals surface area contributed by atoms with Gasteiger partial charge in [0.15, 0.2) is 17.5 Å². The molecule has 13 nitrogen and oxygen atoms in total. The number of amides is 1. The number of amidine groups is 1. The number of carbonyl (C=O) groups excluding carboxylic acids is 1. The molecule has 7 N–H and O–H groups in total. The summed E-state index contributed by atoms with van der Waals surface area (Å²) in [4.78, 5) is 34.4. The normalized spacial score (nSPS) is 17.4. The van der Waals surface area contributed by atoms with Crippen molar-refractivity contribution < 1.29 is 4.79 Å². The predicted octanol–water partition coefficient (Wildman–Crippen LogP) is 3.45. The molecule has 0 saturated carbocycles. The van der Waals surface area contributed by atoms with Crippen LogP contribution >= 0.6 is 0 Å². The third kappa shape index (κ3) is 7.43. The summed E-state index contributed by atoms with van der Waals surface area (Å²) in [5.74, 6) is 1.05. The molecule has 1 amide bonds. The predicted molar refractivity (Wildman–Crippen MR) is 181 cm³/mol. The monoisotopic (exact) mass is 614 g/mol. The zero-order valence-electron chi connectivity index (χ0n) is 27.0. The zero-order valence-corrected chi connectivity index (χ0v) is 27.0. The number of piperazine rings is 1. The zero-order chi connectivity index (χ0) is 32.3. The van der Waals surface area contributed by atoms with E-state index in [1.165, 1.54) is 19.0 Å². The third-order valence-electron chi connectivity index (χ3n) is 8.56. The number of likely N-dealkylation sites (tertiary alicyclic amines) is 1. The molecular weight excluding hydrogens is 568 g/mol. The number of nitrogens with zero attached hydrogens (tertiary/aromatic N) is 7. The molecule has 5 rings (SSSR count). The summed E-state index contributed by atoms with van der Waals surface area (Å²) >= 11 is 0. The van der Waals surface area contributed by atoms with Crippen LogP contribution in [0.25, 0.3) is 0 Å².